The van der Waals surface area contributed by atoms with Crippen molar-refractivity contribution < 1.29 is 14.3 Å². The number of ether oxygens (including phenoxy) is 1. The molecule has 0 unspecified atom stereocenters. The molecule has 4 rings (SSSR count). The van der Waals surface area contributed by atoms with Crippen LogP contribution in [0.2, 0.25) is 0 Å². The van der Waals surface area contributed by atoms with E-state index in [9.17, 15) is 9.59 Å². The zero-order valence-corrected chi connectivity index (χ0v) is 22.5. The van der Waals surface area contributed by atoms with Crippen molar-refractivity contribution in [3.63, 3.8) is 0 Å². The fraction of sp³-hybridized carbons (Fsp3) is 0.933. The fourth-order valence-electron chi connectivity index (χ4n) is 9.49. The summed E-state index contributed by atoms with van der Waals surface area (Å²) in [4.78, 5) is 24.6. The van der Waals surface area contributed by atoms with Gasteiger partial charge in [0.15, 0.2) is 0 Å². The molecule has 0 radical (unpaired) electrons. The summed E-state index contributed by atoms with van der Waals surface area (Å²) in [6, 6.07) is 0. The molecule has 4 aliphatic carbocycles. The van der Waals surface area contributed by atoms with E-state index < -0.39 is 0 Å². The van der Waals surface area contributed by atoms with Gasteiger partial charge in [0.1, 0.15) is 11.9 Å². The van der Waals surface area contributed by atoms with Gasteiger partial charge in [0, 0.05) is 25.7 Å². The summed E-state index contributed by atoms with van der Waals surface area (Å²) < 4.78 is 6.21. The Hall–Kier alpha value is -0.860. The van der Waals surface area contributed by atoms with E-state index in [2.05, 4.69) is 41.5 Å². The van der Waals surface area contributed by atoms with Crippen LogP contribution in [0.1, 0.15) is 113 Å². The van der Waals surface area contributed by atoms with Gasteiger partial charge in [-0.25, -0.2) is 0 Å². The predicted octanol–water partition coefficient (Wildman–Crippen LogP) is 7.46. The highest BCUT2D eigenvalue weighted by atomic mass is 16.5. The molecular weight excluding hydrogens is 408 g/mol. The first-order valence-electron chi connectivity index (χ1n) is 14.2. The molecule has 0 saturated heterocycles. The Bertz CT molecular complexity index is 743. The van der Waals surface area contributed by atoms with Gasteiger partial charge in [0.05, 0.1) is 0 Å². The second-order valence-electron chi connectivity index (χ2n) is 13.6. The van der Waals surface area contributed by atoms with Crippen LogP contribution in [-0.2, 0) is 14.3 Å². The largest absolute Gasteiger partial charge is 0.462 e. The number of Topliss-reactive ketones (excluding diaryl/α,β-unsaturated/α-hetero) is 1. The van der Waals surface area contributed by atoms with E-state index in [-0.39, 0.29) is 22.9 Å². The lowest BCUT2D eigenvalue weighted by Crippen LogP contribution is -2.59. The average molecular weight is 459 g/mol. The normalized spacial score (nSPS) is 44.5. The van der Waals surface area contributed by atoms with E-state index in [0.29, 0.717) is 23.5 Å². The number of rotatable bonds is 6. The van der Waals surface area contributed by atoms with Crippen LogP contribution in [0, 0.1) is 58.2 Å². The van der Waals surface area contributed by atoms with Crippen LogP contribution in [0.25, 0.3) is 0 Å². The Labute approximate surface area is 203 Å². The lowest BCUT2D eigenvalue weighted by atomic mass is 9.43. The third-order valence-corrected chi connectivity index (χ3v) is 11.7. The molecule has 3 heteroatoms. The highest BCUT2D eigenvalue weighted by Crippen LogP contribution is 2.68. The van der Waals surface area contributed by atoms with Crippen molar-refractivity contribution in [3.8, 4) is 0 Å². The van der Waals surface area contributed by atoms with Crippen LogP contribution in [0.5, 0.6) is 0 Å². The quantitative estimate of drug-likeness (QED) is 0.388. The molecule has 0 heterocycles. The number of fused-ring (bicyclic) bond motifs is 5. The van der Waals surface area contributed by atoms with E-state index in [1.165, 1.54) is 38.5 Å². The molecule has 0 N–H and O–H groups in total. The summed E-state index contributed by atoms with van der Waals surface area (Å²) in [5, 5.41) is 0. The molecule has 33 heavy (non-hydrogen) atoms. The minimum atomic E-state index is -0.119. The van der Waals surface area contributed by atoms with Crippen LogP contribution >= 0.6 is 0 Å². The molecule has 0 amide bonds. The molecule has 4 saturated carbocycles. The Balaban J connectivity index is 1.59. The average Bonchev–Trinajstić information content (AvgIpc) is 3.08. The third kappa shape index (κ3) is 4.44. The lowest BCUT2D eigenvalue weighted by molar-refractivity contribution is -0.195. The highest BCUT2D eigenvalue weighted by molar-refractivity contribution is 5.79. The van der Waals surface area contributed by atoms with E-state index in [1.807, 2.05) is 0 Å². The summed E-state index contributed by atoms with van der Waals surface area (Å²) >= 11 is 0. The predicted molar refractivity (Wildman–Crippen MR) is 134 cm³/mol. The van der Waals surface area contributed by atoms with E-state index in [1.54, 1.807) is 6.92 Å². The molecule has 0 aromatic carbocycles. The molecule has 0 aromatic rings. The van der Waals surface area contributed by atoms with Crippen LogP contribution in [-0.4, -0.2) is 17.9 Å². The second-order valence-corrected chi connectivity index (χ2v) is 13.6. The maximum Gasteiger partial charge on any atom is 0.302 e. The fourth-order valence-corrected chi connectivity index (χ4v) is 9.49. The first kappa shape index (κ1) is 25.2. The number of ketones is 1. The molecule has 0 spiro atoms. The first-order valence-corrected chi connectivity index (χ1v) is 14.2. The standard InChI is InChI=1S/C30H50O3/c1-18(2)19(3)8-9-20(4)25-12-13-26-24-11-10-22-16-23(32)14-15-29(22,6)28(24)27(33-21(5)31)17-30(25,26)7/h18-20,22,24-28H,8-17H2,1-7H3/t19-,20+,22-,24-,25+,26+,27+,28+,29-,30-/m0/s1. The summed E-state index contributed by atoms with van der Waals surface area (Å²) in [6.45, 7) is 16.2. The van der Waals surface area contributed by atoms with Crippen molar-refractivity contribution in [2.24, 2.45) is 58.2 Å². The molecular formula is C30H50O3. The molecule has 3 nitrogen and oxygen atoms in total. The summed E-state index contributed by atoms with van der Waals surface area (Å²) in [7, 11) is 0. The zero-order valence-electron chi connectivity index (χ0n) is 22.5. The minimum Gasteiger partial charge on any atom is -0.462 e. The minimum absolute atomic E-state index is 0.0251. The maximum atomic E-state index is 12.3. The molecule has 10 atom stereocenters. The molecule has 0 aliphatic heterocycles. The number of carbonyl (C=O) groups excluding carboxylic acids is 2. The van der Waals surface area contributed by atoms with Gasteiger partial charge in [-0.15, -0.1) is 0 Å². The molecule has 0 aromatic heterocycles. The van der Waals surface area contributed by atoms with Crippen LogP contribution < -0.4 is 0 Å². The van der Waals surface area contributed by atoms with Gasteiger partial charge in [0.2, 0.25) is 0 Å². The topological polar surface area (TPSA) is 43.4 Å². The van der Waals surface area contributed by atoms with Gasteiger partial charge in [-0.3, -0.25) is 9.59 Å². The Morgan fingerprint density at radius 2 is 1.76 bits per heavy atom. The van der Waals surface area contributed by atoms with Crippen molar-refractivity contribution in [1.29, 1.82) is 0 Å². The third-order valence-electron chi connectivity index (χ3n) is 11.7. The van der Waals surface area contributed by atoms with Gasteiger partial charge in [-0.05, 0) is 90.8 Å². The lowest BCUT2D eigenvalue weighted by Gasteiger charge is -2.62. The number of hydrogen-bond donors (Lipinski definition) is 0. The SMILES string of the molecule is CC(=O)O[C@@H]1C[C@]2(C)[C@H](CC[C@@H]2[C@H](C)CC[C@H](C)C(C)C)[C@@H]2CC[C@H]3CC(=O)CC[C@]3(C)[C@H]21. The van der Waals surface area contributed by atoms with E-state index in [4.69, 9.17) is 4.74 Å². The zero-order chi connectivity index (χ0) is 24.1. The number of esters is 1. The Morgan fingerprint density at radius 1 is 1.03 bits per heavy atom. The van der Waals surface area contributed by atoms with Crippen molar-refractivity contribution in [2.75, 3.05) is 0 Å². The van der Waals surface area contributed by atoms with Gasteiger partial charge >= 0.3 is 5.97 Å². The molecule has 188 valence electrons. The number of carbonyl (C=O) groups is 2. The van der Waals surface area contributed by atoms with Crippen LogP contribution in [0.4, 0.5) is 0 Å². The summed E-state index contributed by atoms with van der Waals surface area (Å²) in [5.41, 5.74) is 0.421. The highest BCUT2D eigenvalue weighted by Gasteiger charge is 2.64. The van der Waals surface area contributed by atoms with Gasteiger partial charge in [-0.1, -0.05) is 54.4 Å². The van der Waals surface area contributed by atoms with Crippen LogP contribution in [0.3, 0.4) is 0 Å². The second kappa shape index (κ2) is 9.30. The maximum absolute atomic E-state index is 12.3. The number of hydrogen-bond acceptors (Lipinski definition) is 3. The molecule has 0 bridgehead atoms. The Kier molecular flexibility index (Phi) is 7.12. The van der Waals surface area contributed by atoms with Crippen LogP contribution in [0.15, 0.2) is 0 Å². The van der Waals surface area contributed by atoms with Crippen molar-refractivity contribution in [3.05, 3.63) is 0 Å². The smallest absolute Gasteiger partial charge is 0.302 e. The molecule has 4 fully saturated rings. The summed E-state index contributed by atoms with van der Waals surface area (Å²) in [5.74, 6) is 5.65. The Morgan fingerprint density at radius 3 is 2.42 bits per heavy atom. The molecule has 4 aliphatic rings. The van der Waals surface area contributed by atoms with Gasteiger partial charge in [-0.2, -0.15) is 0 Å². The van der Waals surface area contributed by atoms with Gasteiger partial charge in [0.25, 0.3) is 0 Å². The van der Waals surface area contributed by atoms with Gasteiger partial charge < -0.3 is 4.74 Å². The van der Waals surface area contributed by atoms with Crippen molar-refractivity contribution >= 4 is 11.8 Å². The summed E-state index contributed by atoms with van der Waals surface area (Å²) in [6.07, 6.45) is 11.3. The van der Waals surface area contributed by atoms with Crippen molar-refractivity contribution in [1.82, 2.24) is 0 Å². The van der Waals surface area contributed by atoms with E-state index >= 15 is 0 Å². The first-order chi connectivity index (χ1) is 15.5. The van der Waals surface area contributed by atoms with E-state index in [0.717, 1.165) is 55.3 Å². The van der Waals surface area contributed by atoms with Crippen molar-refractivity contribution in [2.45, 2.75) is 119 Å². The monoisotopic (exact) mass is 458 g/mol.